The van der Waals surface area contributed by atoms with E-state index in [0.29, 0.717) is 13.0 Å². The van der Waals surface area contributed by atoms with Crippen molar-refractivity contribution < 1.29 is 23.9 Å². The molecule has 3 amide bonds. The molecule has 1 aliphatic rings. The summed E-state index contributed by atoms with van der Waals surface area (Å²) in [4.78, 5) is 37.3. The van der Waals surface area contributed by atoms with E-state index in [4.69, 9.17) is 4.74 Å². The Morgan fingerprint density at radius 1 is 1.29 bits per heavy atom. The monoisotopic (exact) mass is 301 g/mol. The van der Waals surface area contributed by atoms with Crippen molar-refractivity contribution in [3.63, 3.8) is 0 Å². The van der Waals surface area contributed by atoms with Crippen molar-refractivity contribution in [1.29, 1.82) is 0 Å². The van der Waals surface area contributed by atoms with Gasteiger partial charge in [0.25, 0.3) is 0 Å². The Balaban J connectivity index is 2.88. The van der Waals surface area contributed by atoms with Crippen molar-refractivity contribution in [3.05, 3.63) is 0 Å². The van der Waals surface area contributed by atoms with Crippen LogP contribution in [0.15, 0.2) is 0 Å². The normalized spacial score (nSPS) is 20.6. The minimum atomic E-state index is -0.896. The van der Waals surface area contributed by atoms with Crippen LogP contribution in [0, 0.1) is 0 Å². The number of alkyl carbamates (subject to hydrolysis) is 1. The molecule has 2 N–H and O–H groups in total. The van der Waals surface area contributed by atoms with E-state index in [9.17, 15) is 14.4 Å². The number of likely N-dealkylation sites (N-methyl/N-ethyl adjacent to an activating group) is 1. The Morgan fingerprint density at radius 3 is 2.48 bits per heavy atom. The Hall–Kier alpha value is -1.83. The highest BCUT2D eigenvalue weighted by molar-refractivity contribution is 5.92. The quantitative estimate of drug-likeness (QED) is 0.712. The largest absolute Gasteiger partial charge is 0.453 e. The molecule has 3 atom stereocenters. The Morgan fingerprint density at radius 2 is 1.95 bits per heavy atom. The molecule has 1 heterocycles. The predicted octanol–water partition coefficient (Wildman–Crippen LogP) is -0.517. The van der Waals surface area contributed by atoms with Gasteiger partial charge >= 0.3 is 6.09 Å². The molecule has 1 rings (SSSR count). The highest BCUT2D eigenvalue weighted by Gasteiger charge is 2.39. The van der Waals surface area contributed by atoms with E-state index < -0.39 is 24.3 Å². The lowest BCUT2D eigenvalue weighted by atomic mass is 10.1. The zero-order valence-electron chi connectivity index (χ0n) is 12.8. The van der Waals surface area contributed by atoms with Crippen LogP contribution in [0.3, 0.4) is 0 Å². The van der Waals surface area contributed by atoms with E-state index in [1.807, 2.05) is 0 Å². The topological polar surface area (TPSA) is 97.0 Å². The van der Waals surface area contributed by atoms with Crippen molar-refractivity contribution in [2.75, 3.05) is 27.8 Å². The zero-order chi connectivity index (χ0) is 16.0. The van der Waals surface area contributed by atoms with Crippen LogP contribution in [0.25, 0.3) is 0 Å². The van der Waals surface area contributed by atoms with E-state index in [1.54, 1.807) is 6.92 Å². The highest BCUT2D eigenvalue weighted by Crippen LogP contribution is 2.19. The third-order valence-electron chi connectivity index (χ3n) is 3.65. The first kappa shape index (κ1) is 17.2. The van der Waals surface area contributed by atoms with Crippen LogP contribution in [0.2, 0.25) is 0 Å². The summed E-state index contributed by atoms with van der Waals surface area (Å²) in [6.45, 7) is 2.15. The van der Waals surface area contributed by atoms with Crippen molar-refractivity contribution >= 4 is 17.9 Å². The van der Waals surface area contributed by atoms with Crippen LogP contribution >= 0.6 is 0 Å². The lowest BCUT2D eigenvalue weighted by Gasteiger charge is -2.30. The lowest BCUT2D eigenvalue weighted by molar-refractivity contribution is -0.142. The summed E-state index contributed by atoms with van der Waals surface area (Å²) >= 11 is 0. The van der Waals surface area contributed by atoms with Gasteiger partial charge in [0.15, 0.2) is 0 Å². The van der Waals surface area contributed by atoms with Crippen LogP contribution in [0.5, 0.6) is 0 Å². The number of ether oxygens (including phenoxy) is 2. The van der Waals surface area contributed by atoms with Gasteiger partial charge in [-0.25, -0.2) is 4.79 Å². The summed E-state index contributed by atoms with van der Waals surface area (Å²) in [6.07, 6.45) is 0.101. The minimum absolute atomic E-state index is 0.206. The molecule has 21 heavy (non-hydrogen) atoms. The second kappa shape index (κ2) is 7.82. The van der Waals surface area contributed by atoms with E-state index in [1.165, 1.54) is 26.2 Å². The highest BCUT2D eigenvalue weighted by atomic mass is 16.5. The fourth-order valence-electron chi connectivity index (χ4n) is 2.35. The Labute approximate surface area is 124 Å². The fraction of sp³-hybridized carbons (Fsp3) is 0.769. The number of nitrogens with one attached hydrogen (secondary N) is 2. The number of likely N-dealkylation sites (tertiary alicyclic amines) is 1. The third-order valence-corrected chi connectivity index (χ3v) is 3.65. The molecule has 1 saturated heterocycles. The van der Waals surface area contributed by atoms with Crippen LogP contribution in [0.1, 0.15) is 19.8 Å². The van der Waals surface area contributed by atoms with Crippen molar-refractivity contribution in [2.24, 2.45) is 0 Å². The van der Waals surface area contributed by atoms with Crippen molar-refractivity contribution in [3.8, 4) is 0 Å². The summed E-state index contributed by atoms with van der Waals surface area (Å²) in [5.74, 6) is -0.552. The number of amides is 3. The van der Waals surface area contributed by atoms with E-state index in [2.05, 4.69) is 15.4 Å². The summed E-state index contributed by atoms with van der Waals surface area (Å²) in [6, 6.07) is -1.40. The van der Waals surface area contributed by atoms with Crippen molar-refractivity contribution in [1.82, 2.24) is 15.5 Å². The summed E-state index contributed by atoms with van der Waals surface area (Å²) in [5.41, 5.74) is 0. The van der Waals surface area contributed by atoms with Crippen LogP contribution in [-0.2, 0) is 19.1 Å². The number of carbonyl (C=O) groups excluding carboxylic acids is 3. The fourth-order valence-corrected chi connectivity index (χ4v) is 2.35. The number of nitrogens with zero attached hydrogens (tertiary/aromatic N) is 1. The first-order valence-corrected chi connectivity index (χ1v) is 6.85. The molecule has 0 bridgehead atoms. The van der Waals surface area contributed by atoms with Gasteiger partial charge in [-0.05, 0) is 19.8 Å². The van der Waals surface area contributed by atoms with E-state index >= 15 is 0 Å². The molecule has 120 valence electrons. The van der Waals surface area contributed by atoms with Gasteiger partial charge in [-0.2, -0.15) is 0 Å². The first-order chi connectivity index (χ1) is 9.96. The average Bonchev–Trinajstić information content (AvgIpc) is 2.99. The number of rotatable bonds is 5. The molecule has 8 nitrogen and oxygen atoms in total. The lowest BCUT2D eigenvalue weighted by Crippen LogP contribution is -2.57. The molecule has 0 radical (unpaired) electrons. The molecular formula is C13H23N3O5. The van der Waals surface area contributed by atoms with Gasteiger partial charge in [-0.15, -0.1) is 0 Å². The van der Waals surface area contributed by atoms with Crippen LogP contribution < -0.4 is 10.6 Å². The molecule has 0 unspecified atom stereocenters. The van der Waals surface area contributed by atoms with Gasteiger partial charge in [-0.3, -0.25) is 9.59 Å². The van der Waals surface area contributed by atoms with E-state index in [0.717, 1.165) is 6.42 Å². The number of methoxy groups -OCH3 is 2. The van der Waals surface area contributed by atoms with Crippen LogP contribution in [-0.4, -0.2) is 68.8 Å². The summed E-state index contributed by atoms with van der Waals surface area (Å²) in [7, 11) is 4.20. The molecule has 1 fully saturated rings. The zero-order valence-corrected chi connectivity index (χ0v) is 12.8. The molecular weight excluding hydrogens is 278 g/mol. The third kappa shape index (κ3) is 4.07. The number of hydrogen-bond donors (Lipinski definition) is 2. The summed E-state index contributed by atoms with van der Waals surface area (Å²) in [5, 5.41) is 5.01. The first-order valence-electron chi connectivity index (χ1n) is 6.85. The molecule has 0 aromatic heterocycles. The Kier molecular flexibility index (Phi) is 6.41. The second-order valence-electron chi connectivity index (χ2n) is 4.86. The molecule has 0 saturated carbocycles. The van der Waals surface area contributed by atoms with E-state index in [-0.39, 0.29) is 11.8 Å². The summed E-state index contributed by atoms with van der Waals surface area (Å²) < 4.78 is 9.67. The number of hydrogen-bond acceptors (Lipinski definition) is 5. The maximum atomic E-state index is 12.6. The number of carbonyl (C=O) groups is 3. The minimum Gasteiger partial charge on any atom is -0.453 e. The Bertz CT molecular complexity index is 401. The van der Waals surface area contributed by atoms with Crippen molar-refractivity contribution in [2.45, 2.75) is 38.0 Å². The molecule has 0 spiro atoms. The van der Waals surface area contributed by atoms with Gasteiger partial charge in [0.2, 0.25) is 11.8 Å². The van der Waals surface area contributed by atoms with Gasteiger partial charge < -0.3 is 25.0 Å². The van der Waals surface area contributed by atoms with Gasteiger partial charge in [0.05, 0.1) is 13.2 Å². The predicted molar refractivity (Wildman–Crippen MR) is 74.6 cm³/mol. The van der Waals surface area contributed by atoms with Crippen LogP contribution in [0.4, 0.5) is 4.79 Å². The van der Waals surface area contributed by atoms with Gasteiger partial charge in [-0.1, -0.05) is 0 Å². The molecule has 8 heteroatoms. The van der Waals surface area contributed by atoms with Gasteiger partial charge in [0.1, 0.15) is 12.1 Å². The maximum absolute atomic E-state index is 12.6. The molecule has 0 aromatic rings. The SMILES string of the molecule is CNC(=O)[C@@H]1CCCN1C(=O)[C@@H](NC(=O)OC)[C@H](C)OC. The van der Waals surface area contributed by atoms with Gasteiger partial charge in [0, 0.05) is 20.7 Å². The molecule has 0 aliphatic carbocycles. The smallest absolute Gasteiger partial charge is 0.407 e. The average molecular weight is 301 g/mol. The molecule has 1 aliphatic heterocycles. The maximum Gasteiger partial charge on any atom is 0.407 e. The molecule has 0 aromatic carbocycles. The standard InChI is InChI=1S/C13H23N3O5/c1-8(20-3)10(15-13(19)21-4)12(18)16-7-5-6-9(16)11(17)14-2/h8-10H,5-7H2,1-4H3,(H,14,17)(H,15,19)/t8-,9-,10-/m0/s1. The second-order valence-corrected chi connectivity index (χ2v) is 4.86.